The molecule has 1 aromatic carbocycles. The van der Waals surface area contributed by atoms with E-state index in [1.807, 2.05) is 13.0 Å². The minimum absolute atomic E-state index is 0.0588. The monoisotopic (exact) mass is 624 g/mol. The highest BCUT2D eigenvalue weighted by atomic mass is 19.4. The van der Waals surface area contributed by atoms with Crippen LogP contribution in [-0.4, -0.2) is 61.8 Å². The highest BCUT2D eigenvalue weighted by Gasteiger charge is 2.65. The van der Waals surface area contributed by atoms with E-state index in [4.69, 9.17) is 9.47 Å². The summed E-state index contributed by atoms with van der Waals surface area (Å²) in [6.07, 6.45) is 1.28. The van der Waals surface area contributed by atoms with Gasteiger partial charge < -0.3 is 19.6 Å². The Morgan fingerprint density at radius 2 is 1.87 bits per heavy atom. The highest BCUT2D eigenvalue weighted by molar-refractivity contribution is 5.97. The van der Waals surface area contributed by atoms with Crippen molar-refractivity contribution in [3.05, 3.63) is 52.6 Å². The molecule has 1 aliphatic heterocycles. The molecule has 1 aromatic rings. The topological polar surface area (TPSA) is 88.4 Å². The Balaban J connectivity index is 1.48. The van der Waals surface area contributed by atoms with Gasteiger partial charge in [0.1, 0.15) is 0 Å². The van der Waals surface area contributed by atoms with Crippen molar-refractivity contribution < 1.29 is 37.4 Å². The second-order valence-electron chi connectivity index (χ2n) is 13.2. The predicted molar refractivity (Wildman–Crippen MR) is 162 cm³/mol. The molecule has 2 saturated carbocycles. The number of fused-ring (bicyclic) bond motifs is 4. The van der Waals surface area contributed by atoms with Crippen molar-refractivity contribution in [1.82, 2.24) is 0 Å². The number of hydrogen-bond donors (Lipinski definition) is 1. The van der Waals surface area contributed by atoms with Crippen LogP contribution in [0.1, 0.15) is 70.3 Å². The van der Waals surface area contributed by atoms with E-state index in [0.717, 1.165) is 49.2 Å². The van der Waals surface area contributed by atoms with Gasteiger partial charge in [-0.15, -0.1) is 0 Å². The van der Waals surface area contributed by atoms with Crippen molar-refractivity contribution in [3.63, 3.8) is 0 Å². The number of ketones is 1. The third-order valence-corrected chi connectivity index (χ3v) is 11.0. The Hall–Kier alpha value is -3.58. The summed E-state index contributed by atoms with van der Waals surface area (Å²) in [6, 6.07) is 8.43. The second kappa shape index (κ2) is 12.0. The Morgan fingerprint density at radius 3 is 2.53 bits per heavy atom. The predicted octanol–water partition coefficient (Wildman–Crippen LogP) is 6.37. The summed E-state index contributed by atoms with van der Waals surface area (Å²) in [5, 5.41) is 13.0. The molecule has 7 nitrogen and oxygen atoms in total. The lowest BCUT2D eigenvalue weighted by Crippen LogP contribution is -2.51. The largest absolute Gasteiger partial charge is 0.458 e. The Labute approximate surface area is 261 Å². The molecule has 6 rings (SSSR count). The fourth-order valence-corrected chi connectivity index (χ4v) is 9.02. The van der Waals surface area contributed by atoms with Crippen LogP contribution in [0.2, 0.25) is 0 Å². The minimum Gasteiger partial charge on any atom is -0.458 e. The standard InChI is InChI=1S/C35H39F3N2O5/c1-22(41)45-21-31(42)34(13-14-35(36,37)38)12-11-30-28-9-5-24-19-25(39-43)6-10-27(24)32(28)29(20-33(30,34)2)23-3-7-26(8-4-23)40-15-17-44-18-16-40/h3-4,7-8,19,28-30,43H,5-6,9-12,15-18,20-21H2,1-2H3/t28-,29+,30-,33-,34-/m0/s1. The van der Waals surface area contributed by atoms with Crippen molar-refractivity contribution >= 4 is 23.2 Å². The first-order chi connectivity index (χ1) is 21.5. The molecule has 0 amide bonds. The lowest BCUT2D eigenvalue weighted by atomic mass is 9.48. The summed E-state index contributed by atoms with van der Waals surface area (Å²) in [7, 11) is 0. The smallest absolute Gasteiger partial charge is 0.457 e. The summed E-state index contributed by atoms with van der Waals surface area (Å²) < 4.78 is 51.5. The average molecular weight is 625 g/mol. The lowest BCUT2D eigenvalue weighted by molar-refractivity contribution is -0.150. The Morgan fingerprint density at radius 1 is 1.13 bits per heavy atom. The summed E-state index contributed by atoms with van der Waals surface area (Å²) >= 11 is 0. The van der Waals surface area contributed by atoms with Crippen molar-refractivity contribution in [2.45, 2.75) is 70.9 Å². The molecule has 10 heteroatoms. The van der Waals surface area contributed by atoms with Gasteiger partial charge in [-0.1, -0.05) is 35.7 Å². The van der Waals surface area contributed by atoms with Gasteiger partial charge in [0.05, 0.1) is 24.3 Å². The van der Waals surface area contributed by atoms with Gasteiger partial charge in [0.2, 0.25) is 0 Å². The average Bonchev–Trinajstić information content (AvgIpc) is 3.34. The van der Waals surface area contributed by atoms with E-state index in [1.165, 1.54) is 24.0 Å². The number of alkyl halides is 3. The van der Waals surface area contributed by atoms with E-state index in [0.29, 0.717) is 38.2 Å². The van der Waals surface area contributed by atoms with Crippen molar-refractivity contribution in [3.8, 4) is 11.8 Å². The molecule has 1 N–H and O–H groups in total. The zero-order valence-electron chi connectivity index (χ0n) is 25.7. The number of ether oxygens (including phenoxy) is 2. The van der Waals surface area contributed by atoms with Crippen LogP contribution in [0.25, 0.3) is 0 Å². The number of allylic oxidation sites excluding steroid dienone is 4. The molecule has 5 atom stereocenters. The van der Waals surface area contributed by atoms with Crippen molar-refractivity contribution in [2.24, 2.45) is 27.8 Å². The molecular weight excluding hydrogens is 585 g/mol. The van der Waals surface area contributed by atoms with Crippen LogP contribution < -0.4 is 4.90 Å². The van der Waals surface area contributed by atoms with Crippen LogP contribution in [-0.2, 0) is 19.1 Å². The minimum atomic E-state index is -4.77. The van der Waals surface area contributed by atoms with E-state index in [9.17, 15) is 28.0 Å². The maximum Gasteiger partial charge on any atom is 0.457 e. The number of oxime groups is 1. The van der Waals surface area contributed by atoms with Crippen LogP contribution in [0.5, 0.6) is 0 Å². The molecular formula is C35H39F3N2O5. The Kier molecular flexibility index (Phi) is 8.36. The molecule has 3 fully saturated rings. The molecule has 0 spiro atoms. The van der Waals surface area contributed by atoms with Gasteiger partial charge in [-0.05, 0) is 97.1 Å². The first-order valence-corrected chi connectivity index (χ1v) is 15.8. The zero-order valence-corrected chi connectivity index (χ0v) is 25.7. The Bertz CT molecular complexity index is 1510. The maximum atomic E-state index is 13.9. The number of hydrogen-bond acceptors (Lipinski definition) is 7. The first kappa shape index (κ1) is 31.4. The molecule has 0 aromatic heterocycles. The molecule has 1 heterocycles. The van der Waals surface area contributed by atoms with Crippen molar-refractivity contribution in [2.75, 3.05) is 37.8 Å². The van der Waals surface area contributed by atoms with Crippen LogP contribution in [0.3, 0.4) is 0 Å². The van der Waals surface area contributed by atoms with Crippen LogP contribution in [0.4, 0.5) is 18.9 Å². The molecule has 0 unspecified atom stereocenters. The van der Waals surface area contributed by atoms with E-state index in [-0.39, 0.29) is 24.2 Å². The first-order valence-electron chi connectivity index (χ1n) is 15.8. The van der Waals surface area contributed by atoms with Gasteiger partial charge in [0, 0.05) is 37.5 Å². The van der Waals surface area contributed by atoms with Crippen molar-refractivity contribution in [1.29, 1.82) is 0 Å². The molecule has 5 aliphatic rings. The molecule has 4 aliphatic carbocycles. The molecule has 240 valence electrons. The van der Waals surface area contributed by atoms with Crippen LogP contribution in [0.15, 0.2) is 52.2 Å². The van der Waals surface area contributed by atoms with E-state index in [1.54, 1.807) is 0 Å². The fraction of sp³-hybridized carbons (Fsp3) is 0.571. The lowest BCUT2D eigenvalue weighted by Gasteiger charge is -2.54. The number of morpholine rings is 1. The number of benzene rings is 1. The molecule has 0 bridgehead atoms. The van der Waals surface area contributed by atoms with E-state index in [2.05, 4.69) is 40.2 Å². The summed E-state index contributed by atoms with van der Waals surface area (Å²) in [6.45, 7) is 5.46. The zero-order chi connectivity index (χ0) is 32.0. The van der Waals surface area contributed by atoms with Gasteiger partial charge >= 0.3 is 12.1 Å². The third-order valence-electron chi connectivity index (χ3n) is 11.0. The number of carbonyl (C=O) groups is 2. The van der Waals surface area contributed by atoms with Gasteiger partial charge in [-0.3, -0.25) is 9.59 Å². The highest BCUT2D eigenvalue weighted by Crippen LogP contribution is 2.69. The molecule has 1 saturated heterocycles. The number of esters is 1. The number of carbonyl (C=O) groups excluding carboxylic acids is 2. The quantitative estimate of drug-likeness (QED) is 0.177. The SMILES string of the molecule is CC(=O)OCC(=O)[C@@]1(C#CC(F)(F)F)CC[C@H]2[C@@H]3CCC4=CC(=NO)CCC4=C3[C@@H](c3ccc(N4CCOCC4)cc3)C[C@@]21C. The maximum absolute atomic E-state index is 13.9. The number of Topliss-reactive ketones (excluding diaryl/α,β-unsaturated/α-hetero) is 1. The fourth-order valence-electron chi connectivity index (χ4n) is 9.02. The summed E-state index contributed by atoms with van der Waals surface area (Å²) in [4.78, 5) is 27.9. The third kappa shape index (κ3) is 5.69. The van der Waals surface area contributed by atoms with E-state index >= 15 is 0 Å². The van der Waals surface area contributed by atoms with Crippen LogP contribution in [0, 0.1) is 34.5 Å². The van der Waals surface area contributed by atoms with Gasteiger partial charge in [0.25, 0.3) is 0 Å². The summed E-state index contributed by atoms with van der Waals surface area (Å²) in [5.41, 5.74) is 4.02. The van der Waals surface area contributed by atoms with Gasteiger partial charge in [-0.2, -0.15) is 13.2 Å². The van der Waals surface area contributed by atoms with Gasteiger partial charge in [-0.25, -0.2) is 0 Å². The van der Waals surface area contributed by atoms with Crippen LogP contribution >= 0.6 is 0 Å². The number of halogens is 3. The number of rotatable bonds is 5. The van der Waals surface area contributed by atoms with E-state index < -0.39 is 35.4 Å². The summed E-state index contributed by atoms with van der Waals surface area (Å²) in [5.74, 6) is 2.58. The molecule has 45 heavy (non-hydrogen) atoms. The number of anilines is 1. The van der Waals surface area contributed by atoms with Gasteiger partial charge in [0.15, 0.2) is 12.4 Å². The molecule has 0 radical (unpaired) electrons. The number of nitrogens with zero attached hydrogens (tertiary/aromatic N) is 2. The normalized spacial score (nSPS) is 32.1. The second-order valence-corrected chi connectivity index (χ2v) is 13.2.